The van der Waals surface area contributed by atoms with Crippen LogP contribution in [0.15, 0.2) is 24.3 Å². The fraction of sp³-hybridized carbons (Fsp3) is 0.429. The Labute approximate surface area is 129 Å². The molecule has 0 heterocycles. The number of methoxy groups -OCH3 is 1. The number of primary amides is 1. The van der Waals surface area contributed by atoms with Gasteiger partial charge in [0.15, 0.2) is 5.78 Å². The molecular formula is C14H16BrF2NO3. The number of carbonyl (C=O) groups excluding carboxylic acids is 2. The largest absolute Gasteiger partial charge is 0.375 e. The van der Waals surface area contributed by atoms with E-state index in [4.69, 9.17) is 5.73 Å². The molecule has 2 atom stereocenters. The van der Waals surface area contributed by atoms with Gasteiger partial charge >= 0.3 is 0 Å². The second kappa shape index (κ2) is 8.19. The Bertz CT molecular complexity index is 493. The number of hydrogen-bond acceptors (Lipinski definition) is 3. The van der Waals surface area contributed by atoms with Gasteiger partial charge in [-0.05, 0) is 24.1 Å². The lowest BCUT2D eigenvalue weighted by atomic mass is 10.0. The monoisotopic (exact) mass is 363 g/mol. The van der Waals surface area contributed by atoms with Gasteiger partial charge in [0.05, 0.1) is 4.83 Å². The van der Waals surface area contributed by atoms with Crippen molar-refractivity contribution in [2.45, 2.75) is 30.2 Å². The topological polar surface area (TPSA) is 69.4 Å². The minimum absolute atomic E-state index is 0.0780. The van der Waals surface area contributed by atoms with Crippen molar-refractivity contribution < 1.29 is 23.1 Å². The van der Waals surface area contributed by atoms with Crippen molar-refractivity contribution in [2.24, 2.45) is 5.73 Å². The predicted octanol–water partition coefficient (Wildman–Crippen LogP) is 2.33. The van der Waals surface area contributed by atoms with Crippen molar-refractivity contribution in [2.75, 3.05) is 7.11 Å². The molecule has 0 aliphatic rings. The highest BCUT2D eigenvalue weighted by Crippen LogP contribution is 2.19. The van der Waals surface area contributed by atoms with Crippen LogP contribution >= 0.6 is 15.9 Å². The van der Waals surface area contributed by atoms with Crippen LogP contribution < -0.4 is 5.73 Å². The Balaban J connectivity index is 2.61. The van der Waals surface area contributed by atoms with E-state index in [1.165, 1.54) is 19.2 Å². The first-order chi connectivity index (χ1) is 9.85. The smallest absolute Gasteiger partial charge is 0.264 e. The lowest BCUT2D eigenvalue weighted by Gasteiger charge is -2.17. The molecule has 1 aromatic carbocycles. The molecule has 1 rings (SSSR count). The van der Waals surface area contributed by atoms with Gasteiger partial charge in [0.2, 0.25) is 5.91 Å². The van der Waals surface area contributed by atoms with Gasteiger partial charge in [-0.3, -0.25) is 9.59 Å². The molecule has 0 unspecified atom stereocenters. The van der Waals surface area contributed by atoms with Crippen LogP contribution in [-0.4, -0.2) is 36.2 Å². The number of nitrogens with two attached hydrogens (primary N) is 1. The first-order valence-electron chi connectivity index (χ1n) is 6.21. The first kappa shape index (κ1) is 17.7. The lowest BCUT2D eigenvalue weighted by molar-refractivity contribution is -0.119. The van der Waals surface area contributed by atoms with Crippen LogP contribution in [0.2, 0.25) is 0 Å². The highest BCUT2D eigenvalue weighted by atomic mass is 79.9. The van der Waals surface area contributed by atoms with Gasteiger partial charge < -0.3 is 10.5 Å². The minimum atomic E-state index is -2.64. The molecule has 0 radical (unpaired) electrons. The molecule has 116 valence electrons. The van der Waals surface area contributed by atoms with Crippen LogP contribution in [0.1, 0.15) is 22.3 Å². The summed E-state index contributed by atoms with van der Waals surface area (Å²) in [4.78, 5) is 22.2. The average molecular weight is 364 g/mol. The molecule has 0 fully saturated rings. The molecule has 4 nitrogen and oxygen atoms in total. The number of rotatable bonds is 8. The van der Waals surface area contributed by atoms with Crippen molar-refractivity contribution in [1.29, 1.82) is 0 Å². The maximum absolute atomic E-state index is 12.6. The van der Waals surface area contributed by atoms with Gasteiger partial charge in [0.1, 0.15) is 6.10 Å². The van der Waals surface area contributed by atoms with Crippen LogP contribution in [0.4, 0.5) is 8.78 Å². The summed E-state index contributed by atoms with van der Waals surface area (Å²) in [6, 6.07) is 6.26. The SMILES string of the molecule is CO[C@H](C[C@@H](Br)C(=O)Cc1ccc(C(N)=O)cc1)C(F)F. The summed E-state index contributed by atoms with van der Waals surface area (Å²) in [6.45, 7) is 0. The van der Waals surface area contributed by atoms with Gasteiger partial charge in [0.25, 0.3) is 6.43 Å². The number of ether oxygens (including phenoxy) is 1. The van der Waals surface area contributed by atoms with Crippen LogP contribution in [-0.2, 0) is 16.0 Å². The Hall–Kier alpha value is -1.34. The highest BCUT2D eigenvalue weighted by Gasteiger charge is 2.26. The Kier molecular flexibility index (Phi) is 6.91. The zero-order chi connectivity index (χ0) is 16.0. The van der Waals surface area contributed by atoms with E-state index >= 15 is 0 Å². The number of hydrogen-bond donors (Lipinski definition) is 1. The molecular weight excluding hydrogens is 348 g/mol. The number of ketones is 1. The fourth-order valence-corrected chi connectivity index (χ4v) is 2.27. The molecule has 0 aromatic heterocycles. The van der Waals surface area contributed by atoms with Gasteiger partial charge in [-0.1, -0.05) is 28.1 Å². The van der Waals surface area contributed by atoms with Crippen LogP contribution in [0.25, 0.3) is 0 Å². The summed E-state index contributed by atoms with van der Waals surface area (Å²) in [7, 11) is 1.18. The number of benzene rings is 1. The quantitative estimate of drug-likeness (QED) is 0.720. The standard InChI is InChI=1S/C14H16BrF2NO3/c1-21-12(13(16)17)7-10(15)11(19)6-8-2-4-9(5-3-8)14(18)20/h2-5,10,12-13H,6-7H2,1H3,(H2,18,20)/t10-,12-/m1/s1. The van der Waals surface area contributed by atoms with Crippen LogP contribution in [0.3, 0.4) is 0 Å². The maximum atomic E-state index is 12.6. The van der Waals surface area contributed by atoms with E-state index in [9.17, 15) is 18.4 Å². The fourth-order valence-electron chi connectivity index (χ4n) is 1.74. The molecule has 0 saturated heterocycles. The normalized spacial score (nSPS) is 14.0. The molecule has 2 N–H and O–H groups in total. The van der Waals surface area contributed by atoms with Crippen molar-refractivity contribution in [3.05, 3.63) is 35.4 Å². The number of alkyl halides is 3. The van der Waals surface area contributed by atoms with Crippen LogP contribution in [0, 0.1) is 0 Å². The third-order valence-corrected chi connectivity index (χ3v) is 3.87. The summed E-state index contributed by atoms with van der Waals surface area (Å²) >= 11 is 3.11. The summed E-state index contributed by atoms with van der Waals surface area (Å²) < 4.78 is 29.8. The molecule has 1 aromatic rings. The van der Waals surface area contributed by atoms with Gasteiger partial charge in [-0.2, -0.15) is 0 Å². The summed E-state index contributed by atoms with van der Waals surface area (Å²) in [5.41, 5.74) is 6.14. The summed E-state index contributed by atoms with van der Waals surface area (Å²) in [5, 5.41) is 0. The van der Waals surface area contributed by atoms with Crippen LogP contribution in [0.5, 0.6) is 0 Å². The van der Waals surface area contributed by atoms with E-state index in [1.54, 1.807) is 12.1 Å². The van der Waals surface area contributed by atoms with E-state index < -0.39 is 23.3 Å². The van der Waals surface area contributed by atoms with Crippen molar-refractivity contribution in [1.82, 2.24) is 0 Å². The van der Waals surface area contributed by atoms with Gasteiger partial charge in [0, 0.05) is 19.1 Å². The average Bonchev–Trinajstić information content (AvgIpc) is 2.44. The molecule has 0 bridgehead atoms. The highest BCUT2D eigenvalue weighted by molar-refractivity contribution is 9.10. The first-order valence-corrected chi connectivity index (χ1v) is 7.13. The lowest BCUT2D eigenvalue weighted by Crippen LogP contribution is -2.28. The minimum Gasteiger partial charge on any atom is -0.375 e. The Morgan fingerprint density at radius 2 is 1.86 bits per heavy atom. The Morgan fingerprint density at radius 1 is 1.29 bits per heavy atom. The summed E-state index contributed by atoms with van der Waals surface area (Å²) in [5.74, 6) is -0.782. The van der Waals surface area contributed by atoms with E-state index in [2.05, 4.69) is 20.7 Å². The molecule has 0 saturated carbocycles. The molecule has 7 heteroatoms. The van der Waals surface area contributed by atoms with Crippen molar-refractivity contribution in [3.63, 3.8) is 0 Å². The third kappa shape index (κ3) is 5.51. The van der Waals surface area contributed by atoms with E-state index in [0.717, 1.165) is 0 Å². The van der Waals surface area contributed by atoms with Gasteiger partial charge in [-0.15, -0.1) is 0 Å². The van der Waals surface area contributed by atoms with E-state index in [-0.39, 0.29) is 18.6 Å². The molecule has 0 aliphatic heterocycles. The number of Topliss-reactive ketones (excluding diaryl/α,β-unsaturated/α-hetero) is 1. The summed E-state index contributed by atoms with van der Waals surface area (Å²) in [6.07, 6.45) is -3.95. The van der Waals surface area contributed by atoms with Crippen molar-refractivity contribution in [3.8, 4) is 0 Å². The molecule has 0 spiro atoms. The third-order valence-electron chi connectivity index (χ3n) is 2.99. The van der Waals surface area contributed by atoms with E-state index in [1.807, 2.05) is 0 Å². The van der Waals surface area contributed by atoms with E-state index in [0.29, 0.717) is 11.1 Å². The molecule has 21 heavy (non-hydrogen) atoms. The zero-order valence-electron chi connectivity index (χ0n) is 11.4. The zero-order valence-corrected chi connectivity index (χ0v) is 13.0. The number of halogens is 3. The Morgan fingerprint density at radius 3 is 2.29 bits per heavy atom. The molecule has 0 aliphatic carbocycles. The predicted molar refractivity (Wildman–Crippen MR) is 77.8 cm³/mol. The second-order valence-electron chi connectivity index (χ2n) is 4.52. The van der Waals surface area contributed by atoms with Crippen molar-refractivity contribution >= 4 is 27.6 Å². The number of carbonyl (C=O) groups is 2. The maximum Gasteiger partial charge on any atom is 0.264 e. The second-order valence-corrected chi connectivity index (χ2v) is 5.62. The van der Waals surface area contributed by atoms with Gasteiger partial charge in [-0.25, -0.2) is 8.78 Å². The number of amides is 1. The molecule has 1 amide bonds.